The van der Waals surface area contributed by atoms with Gasteiger partial charge in [0, 0.05) is 6.07 Å². The van der Waals surface area contributed by atoms with Gasteiger partial charge in [-0.25, -0.2) is 8.42 Å². The third-order valence-corrected chi connectivity index (χ3v) is 4.58. The number of nitro benzene ring substituents is 1. The molecule has 116 valence electrons. The summed E-state index contributed by atoms with van der Waals surface area (Å²) >= 11 is 5.70. The van der Waals surface area contributed by atoms with Crippen LogP contribution >= 0.6 is 11.6 Å². The van der Waals surface area contributed by atoms with Crippen molar-refractivity contribution in [2.24, 2.45) is 0 Å². The zero-order chi connectivity index (χ0) is 16.5. The third kappa shape index (κ3) is 3.29. The van der Waals surface area contributed by atoms with Gasteiger partial charge in [-0.15, -0.1) is 0 Å². The van der Waals surface area contributed by atoms with Crippen molar-refractivity contribution in [3.63, 3.8) is 0 Å². The number of nitro groups is 1. The minimum Gasteiger partial charge on any atom is -0.397 e. The smallest absolute Gasteiger partial charge is 0.290 e. The molecule has 0 aliphatic heterocycles. The summed E-state index contributed by atoms with van der Waals surface area (Å²) < 4.78 is 26.8. The molecule has 2 aromatic carbocycles. The first-order chi connectivity index (χ1) is 10.2. The lowest BCUT2D eigenvalue weighted by Crippen LogP contribution is -2.14. The summed E-state index contributed by atoms with van der Waals surface area (Å²) in [6, 6.07) is 8.26. The number of benzene rings is 2. The standard InChI is InChI=1S/C13H12ClN3O4S/c1-8-2-4-9(5-3-8)22(20,21)16-12-7-13(17(18)19)10(14)6-11(12)15/h2-7,16H,15H2,1H3. The van der Waals surface area contributed by atoms with E-state index >= 15 is 0 Å². The van der Waals surface area contributed by atoms with Gasteiger partial charge in [0.15, 0.2) is 0 Å². The van der Waals surface area contributed by atoms with Crippen molar-refractivity contribution < 1.29 is 13.3 Å². The lowest BCUT2D eigenvalue weighted by molar-refractivity contribution is -0.384. The molecule has 0 amide bonds. The van der Waals surface area contributed by atoms with Gasteiger partial charge < -0.3 is 5.73 Å². The van der Waals surface area contributed by atoms with Crippen molar-refractivity contribution in [3.8, 4) is 0 Å². The Morgan fingerprint density at radius 2 is 1.82 bits per heavy atom. The molecule has 0 spiro atoms. The molecule has 0 aliphatic carbocycles. The largest absolute Gasteiger partial charge is 0.397 e. The van der Waals surface area contributed by atoms with Crippen molar-refractivity contribution in [2.45, 2.75) is 11.8 Å². The molecule has 3 N–H and O–H groups in total. The van der Waals surface area contributed by atoms with Crippen molar-refractivity contribution in [1.29, 1.82) is 0 Å². The van der Waals surface area contributed by atoms with Gasteiger partial charge in [-0.1, -0.05) is 29.3 Å². The van der Waals surface area contributed by atoms with E-state index in [-0.39, 0.29) is 21.3 Å². The van der Waals surface area contributed by atoms with E-state index in [1.165, 1.54) is 12.1 Å². The number of halogens is 1. The van der Waals surface area contributed by atoms with Crippen LogP contribution in [-0.4, -0.2) is 13.3 Å². The Kier molecular flexibility index (Phi) is 4.25. The molecule has 0 aliphatic rings. The van der Waals surface area contributed by atoms with Gasteiger partial charge >= 0.3 is 0 Å². The fourth-order valence-electron chi connectivity index (χ4n) is 1.73. The molecule has 0 radical (unpaired) electrons. The van der Waals surface area contributed by atoms with Gasteiger partial charge in [0.25, 0.3) is 15.7 Å². The highest BCUT2D eigenvalue weighted by Gasteiger charge is 2.20. The van der Waals surface area contributed by atoms with Gasteiger partial charge in [0.2, 0.25) is 0 Å². The number of sulfonamides is 1. The average Bonchev–Trinajstić information content (AvgIpc) is 2.41. The molecule has 0 fully saturated rings. The van der Waals surface area contributed by atoms with E-state index in [0.29, 0.717) is 0 Å². The molecular formula is C13H12ClN3O4S. The summed E-state index contributed by atoms with van der Waals surface area (Å²) in [7, 11) is -3.90. The van der Waals surface area contributed by atoms with Crippen molar-refractivity contribution >= 4 is 38.7 Å². The number of nitrogens with zero attached hydrogens (tertiary/aromatic N) is 1. The topological polar surface area (TPSA) is 115 Å². The maximum Gasteiger partial charge on any atom is 0.290 e. The van der Waals surface area contributed by atoms with Crippen molar-refractivity contribution in [1.82, 2.24) is 0 Å². The van der Waals surface area contributed by atoms with E-state index in [1.54, 1.807) is 12.1 Å². The number of rotatable bonds is 4. The first-order valence-electron chi connectivity index (χ1n) is 6.03. The summed E-state index contributed by atoms with van der Waals surface area (Å²) in [5.74, 6) is 0. The Labute approximate surface area is 131 Å². The molecule has 0 heterocycles. The van der Waals surface area contributed by atoms with Crippen LogP contribution in [0.2, 0.25) is 5.02 Å². The van der Waals surface area contributed by atoms with E-state index in [9.17, 15) is 18.5 Å². The van der Waals surface area contributed by atoms with Gasteiger partial charge in [-0.3, -0.25) is 14.8 Å². The number of nitrogens with two attached hydrogens (primary N) is 1. The summed E-state index contributed by atoms with van der Waals surface area (Å²) in [6.45, 7) is 1.82. The van der Waals surface area contributed by atoms with Crippen LogP contribution in [0, 0.1) is 17.0 Å². The van der Waals surface area contributed by atoms with Crippen LogP contribution in [0.3, 0.4) is 0 Å². The van der Waals surface area contributed by atoms with Crippen LogP contribution in [0.5, 0.6) is 0 Å². The normalized spacial score (nSPS) is 11.2. The Morgan fingerprint density at radius 3 is 2.36 bits per heavy atom. The number of hydrogen-bond acceptors (Lipinski definition) is 5. The number of nitrogens with one attached hydrogen (secondary N) is 1. The number of nitrogen functional groups attached to an aromatic ring is 1. The number of aryl methyl sites for hydroxylation is 1. The fraction of sp³-hybridized carbons (Fsp3) is 0.0769. The summed E-state index contributed by atoms with van der Waals surface area (Å²) in [5.41, 5.74) is 6.03. The quantitative estimate of drug-likeness (QED) is 0.504. The average molecular weight is 342 g/mol. The maximum absolute atomic E-state index is 12.3. The van der Waals surface area contributed by atoms with Gasteiger partial charge in [0.1, 0.15) is 5.02 Å². The molecule has 7 nitrogen and oxygen atoms in total. The first-order valence-corrected chi connectivity index (χ1v) is 7.90. The second-order valence-electron chi connectivity index (χ2n) is 4.57. The van der Waals surface area contributed by atoms with E-state index in [2.05, 4.69) is 4.72 Å². The molecule has 0 saturated heterocycles. The zero-order valence-corrected chi connectivity index (χ0v) is 13.0. The van der Waals surface area contributed by atoms with Crippen LogP contribution in [0.4, 0.5) is 17.1 Å². The van der Waals surface area contributed by atoms with E-state index in [1.807, 2.05) is 6.92 Å². The lowest BCUT2D eigenvalue weighted by Gasteiger charge is -2.11. The lowest BCUT2D eigenvalue weighted by atomic mass is 10.2. The summed E-state index contributed by atoms with van der Waals surface area (Å²) in [4.78, 5) is 10.2. The molecule has 0 bridgehead atoms. The summed E-state index contributed by atoms with van der Waals surface area (Å²) in [6.07, 6.45) is 0. The molecule has 0 saturated carbocycles. The predicted octanol–water partition coefficient (Wildman–Crippen LogP) is 2.94. The molecule has 22 heavy (non-hydrogen) atoms. The highest BCUT2D eigenvalue weighted by molar-refractivity contribution is 7.92. The van der Waals surface area contributed by atoms with Crippen LogP contribution < -0.4 is 10.5 Å². The Bertz CT molecular complexity index is 835. The van der Waals surface area contributed by atoms with Crippen molar-refractivity contribution in [2.75, 3.05) is 10.5 Å². The number of anilines is 2. The van der Waals surface area contributed by atoms with Crippen LogP contribution in [0.1, 0.15) is 5.56 Å². The zero-order valence-electron chi connectivity index (χ0n) is 11.4. The molecule has 2 rings (SSSR count). The Morgan fingerprint density at radius 1 is 1.23 bits per heavy atom. The molecule has 9 heteroatoms. The van der Waals surface area contributed by atoms with Crippen molar-refractivity contribution in [3.05, 3.63) is 57.1 Å². The molecule has 0 aromatic heterocycles. The first kappa shape index (κ1) is 16.1. The molecule has 2 aromatic rings. The van der Waals surface area contributed by atoms with Gasteiger partial charge in [-0.2, -0.15) is 0 Å². The number of hydrogen-bond donors (Lipinski definition) is 2. The van der Waals surface area contributed by atoms with Crippen LogP contribution in [-0.2, 0) is 10.0 Å². The molecule has 0 atom stereocenters. The molecular weight excluding hydrogens is 330 g/mol. The van der Waals surface area contributed by atoms with Gasteiger partial charge in [0.05, 0.1) is 21.2 Å². The minimum absolute atomic E-state index is 0.00807. The molecule has 0 unspecified atom stereocenters. The van der Waals surface area contributed by atoms with E-state index < -0.39 is 20.6 Å². The monoisotopic (exact) mass is 341 g/mol. The predicted molar refractivity (Wildman–Crippen MR) is 84.5 cm³/mol. The van der Waals surface area contributed by atoms with Crippen LogP contribution in [0.15, 0.2) is 41.3 Å². The SMILES string of the molecule is Cc1ccc(S(=O)(=O)Nc2cc([N+](=O)[O-])c(Cl)cc2N)cc1. The second-order valence-corrected chi connectivity index (χ2v) is 6.66. The minimum atomic E-state index is -3.90. The highest BCUT2D eigenvalue weighted by atomic mass is 35.5. The maximum atomic E-state index is 12.3. The Balaban J connectivity index is 2.43. The van der Waals surface area contributed by atoms with E-state index in [4.69, 9.17) is 17.3 Å². The highest BCUT2D eigenvalue weighted by Crippen LogP contribution is 2.33. The van der Waals surface area contributed by atoms with Gasteiger partial charge in [-0.05, 0) is 25.1 Å². The Hall–Kier alpha value is -2.32. The fourth-order valence-corrected chi connectivity index (χ4v) is 3.05. The summed E-state index contributed by atoms with van der Waals surface area (Å²) in [5, 5.41) is 10.7. The second kappa shape index (κ2) is 5.82. The third-order valence-electron chi connectivity index (χ3n) is 2.89. The van der Waals surface area contributed by atoms with Crippen LogP contribution in [0.25, 0.3) is 0 Å². The van der Waals surface area contributed by atoms with E-state index in [0.717, 1.165) is 17.7 Å².